The summed E-state index contributed by atoms with van der Waals surface area (Å²) in [6.45, 7) is 8.07. The third kappa shape index (κ3) is 5.30. The summed E-state index contributed by atoms with van der Waals surface area (Å²) >= 11 is 0. The van der Waals surface area contributed by atoms with Crippen LogP contribution in [0.1, 0.15) is 25.0 Å². The van der Waals surface area contributed by atoms with Crippen LogP contribution in [0.25, 0.3) is 0 Å². The molecular formula is C20H25NO3. The Morgan fingerprint density at radius 1 is 1.04 bits per heavy atom. The summed E-state index contributed by atoms with van der Waals surface area (Å²) in [5.74, 6) is 1.37. The van der Waals surface area contributed by atoms with Crippen LogP contribution in [0, 0.1) is 13.8 Å². The van der Waals surface area contributed by atoms with Gasteiger partial charge in [0.2, 0.25) is 0 Å². The van der Waals surface area contributed by atoms with Gasteiger partial charge in [-0.1, -0.05) is 35.9 Å². The highest BCUT2D eigenvalue weighted by Crippen LogP contribution is 2.16. The molecule has 1 amide bonds. The van der Waals surface area contributed by atoms with Gasteiger partial charge in [-0.3, -0.25) is 4.79 Å². The van der Waals surface area contributed by atoms with E-state index in [0.29, 0.717) is 12.4 Å². The van der Waals surface area contributed by atoms with Crippen LogP contribution >= 0.6 is 0 Å². The second kappa shape index (κ2) is 8.39. The third-order valence-corrected chi connectivity index (χ3v) is 3.67. The highest BCUT2D eigenvalue weighted by Gasteiger charge is 2.17. The minimum Gasteiger partial charge on any atom is -0.491 e. The number of ether oxygens (including phenoxy) is 2. The Morgan fingerprint density at radius 3 is 2.38 bits per heavy atom. The molecular weight excluding hydrogens is 302 g/mol. The van der Waals surface area contributed by atoms with Crippen molar-refractivity contribution in [1.82, 2.24) is 5.32 Å². The number of carbonyl (C=O) groups excluding carboxylic acids is 1. The van der Waals surface area contributed by atoms with Gasteiger partial charge < -0.3 is 14.8 Å². The van der Waals surface area contributed by atoms with E-state index in [1.165, 1.54) is 0 Å². The summed E-state index contributed by atoms with van der Waals surface area (Å²) in [7, 11) is 0. The molecule has 2 aromatic carbocycles. The number of carbonyl (C=O) groups is 1. The molecule has 0 saturated carbocycles. The minimum absolute atomic E-state index is 0.110. The van der Waals surface area contributed by atoms with Crippen LogP contribution in [0.5, 0.6) is 11.5 Å². The number of para-hydroxylation sites is 1. The summed E-state index contributed by atoms with van der Waals surface area (Å²) in [5, 5.41) is 2.91. The molecule has 0 aliphatic carbocycles. The summed E-state index contributed by atoms with van der Waals surface area (Å²) in [6, 6.07) is 15.4. The van der Waals surface area contributed by atoms with Crippen molar-refractivity contribution in [2.45, 2.75) is 39.8 Å². The van der Waals surface area contributed by atoms with E-state index in [9.17, 15) is 4.79 Å². The average Bonchev–Trinajstić information content (AvgIpc) is 2.56. The molecule has 24 heavy (non-hydrogen) atoms. The predicted octanol–water partition coefficient (Wildman–Crippen LogP) is 3.65. The van der Waals surface area contributed by atoms with E-state index < -0.39 is 6.10 Å². The topological polar surface area (TPSA) is 47.6 Å². The van der Waals surface area contributed by atoms with Crippen LogP contribution in [-0.2, 0) is 4.79 Å². The monoisotopic (exact) mass is 327 g/mol. The molecule has 0 bridgehead atoms. The molecule has 2 aromatic rings. The summed E-state index contributed by atoms with van der Waals surface area (Å²) in [4.78, 5) is 12.2. The second-order valence-electron chi connectivity index (χ2n) is 6.06. The lowest BCUT2D eigenvalue weighted by Crippen LogP contribution is -2.43. The molecule has 0 saturated heterocycles. The van der Waals surface area contributed by atoms with Crippen LogP contribution in [0.2, 0.25) is 0 Å². The zero-order chi connectivity index (χ0) is 17.5. The molecule has 4 nitrogen and oxygen atoms in total. The van der Waals surface area contributed by atoms with Gasteiger partial charge in [0, 0.05) is 0 Å². The first-order valence-electron chi connectivity index (χ1n) is 8.18. The van der Waals surface area contributed by atoms with Gasteiger partial charge in [0.15, 0.2) is 6.10 Å². The van der Waals surface area contributed by atoms with Gasteiger partial charge in [-0.2, -0.15) is 0 Å². The van der Waals surface area contributed by atoms with Gasteiger partial charge in [0.25, 0.3) is 5.91 Å². The highest BCUT2D eigenvalue weighted by molar-refractivity contribution is 5.81. The van der Waals surface area contributed by atoms with Gasteiger partial charge in [-0.15, -0.1) is 0 Å². The Hall–Kier alpha value is -2.49. The number of hydrogen-bond acceptors (Lipinski definition) is 3. The maximum atomic E-state index is 12.2. The van der Waals surface area contributed by atoms with Crippen molar-refractivity contribution in [2.24, 2.45) is 0 Å². The first-order chi connectivity index (χ1) is 11.5. The lowest BCUT2D eigenvalue weighted by atomic mass is 10.2. The van der Waals surface area contributed by atoms with E-state index >= 15 is 0 Å². The Morgan fingerprint density at radius 2 is 1.71 bits per heavy atom. The second-order valence-corrected chi connectivity index (χ2v) is 6.06. The molecule has 4 heteroatoms. The van der Waals surface area contributed by atoms with Crippen molar-refractivity contribution in [1.29, 1.82) is 0 Å². The predicted molar refractivity (Wildman–Crippen MR) is 95.5 cm³/mol. The molecule has 0 unspecified atom stereocenters. The number of aryl methyl sites for hydroxylation is 2. The fraction of sp³-hybridized carbons (Fsp3) is 0.350. The molecule has 2 atom stereocenters. The lowest BCUT2D eigenvalue weighted by Gasteiger charge is -2.19. The van der Waals surface area contributed by atoms with Gasteiger partial charge in [-0.25, -0.2) is 0 Å². The van der Waals surface area contributed by atoms with Crippen LogP contribution in [-0.4, -0.2) is 24.7 Å². The molecule has 0 aromatic heterocycles. The summed E-state index contributed by atoms with van der Waals surface area (Å²) in [5.41, 5.74) is 2.23. The van der Waals surface area contributed by atoms with E-state index in [1.807, 2.05) is 69.3 Å². The first kappa shape index (κ1) is 17.9. The van der Waals surface area contributed by atoms with Crippen LogP contribution in [0.3, 0.4) is 0 Å². The molecule has 0 aliphatic rings. The number of benzene rings is 2. The smallest absolute Gasteiger partial charge is 0.261 e. The maximum Gasteiger partial charge on any atom is 0.261 e. The summed E-state index contributed by atoms with van der Waals surface area (Å²) < 4.78 is 11.4. The van der Waals surface area contributed by atoms with Gasteiger partial charge >= 0.3 is 0 Å². The number of amides is 1. The maximum absolute atomic E-state index is 12.2. The zero-order valence-electron chi connectivity index (χ0n) is 14.7. The standard InChI is InChI=1S/C20H25NO3/c1-14-9-11-18(12-10-14)24-17(4)20(22)21-16(3)13-23-19-8-6-5-7-15(19)2/h5-12,16-17H,13H2,1-4H3,(H,21,22)/t16-,17-/m0/s1. The Kier molecular flexibility index (Phi) is 6.24. The van der Waals surface area contributed by atoms with Crippen molar-refractivity contribution in [3.63, 3.8) is 0 Å². The molecule has 0 fully saturated rings. The van der Waals surface area contributed by atoms with Crippen LogP contribution < -0.4 is 14.8 Å². The van der Waals surface area contributed by atoms with E-state index in [2.05, 4.69) is 5.32 Å². The fourth-order valence-electron chi connectivity index (χ4n) is 2.21. The van der Waals surface area contributed by atoms with Crippen molar-refractivity contribution in [3.05, 3.63) is 59.7 Å². The quantitative estimate of drug-likeness (QED) is 0.844. The van der Waals surface area contributed by atoms with Crippen molar-refractivity contribution < 1.29 is 14.3 Å². The fourth-order valence-corrected chi connectivity index (χ4v) is 2.21. The van der Waals surface area contributed by atoms with Gasteiger partial charge in [-0.05, 0) is 51.5 Å². The highest BCUT2D eigenvalue weighted by atomic mass is 16.5. The molecule has 2 rings (SSSR count). The first-order valence-corrected chi connectivity index (χ1v) is 8.18. The number of nitrogens with one attached hydrogen (secondary N) is 1. The van der Waals surface area contributed by atoms with Crippen molar-refractivity contribution in [3.8, 4) is 11.5 Å². The number of rotatable bonds is 7. The molecule has 0 spiro atoms. The van der Waals surface area contributed by atoms with E-state index in [1.54, 1.807) is 6.92 Å². The Bertz CT molecular complexity index is 667. The normalized spacial score (nSPS) is 13.0. The Labute approximate surface area is 143 Å². The zero-order valence-corrected chi connectivity index (χ0v) is 14.7. The van der Waals surface area contributed by atoms with E-state index in [0.717, 1.165) is 16.9 Å². The number of hydrogen-bond donors (Lipinski definition) is 1. The van der Waals surface area contributed by atoms with Crippen molar-refractivity contribution in [2.75, 3.05) is 6.61 Å². The largest absolute Gasteiger partial charge is 0.491 e. The van der Waals surface area contributed by atoms with Crippen LogP contribution in [0.15, 0.2) is 48.5 Å². The average molecular weight is 327 g/mol. The van der Waals surface area contributed by atoms with Gasteiger partial charge in [0.1, 0.15) is 18.1 Å². The third-order valence-electron chi connectivity index (χ3n) is 3.67. The lowest BCUT2D eigenvalue weighted by molar-refractivity contribution is -0.128. The molecule has 1 N–H and O–H groups in total. The summed E-state index contributed by atoms with van der Waals surface area (Å²) in [6.07, 6.45) is -0.561. The van der Waals surface area contributed by atoms with E-state index in [4.69, 9.17) is 9.47 Å². The Balaban J connectivity index is 1.80. The van der Waals surface area contributed by atoms with Gasteiger partial charge in [0.05, 0.1) is 6.04 Å². The molecule has 0 heterocycles. The van der Waals surface area contributed by atoms with E-state index in [-0.39, 0.29) is 11.9 Å². The SMILES string of the molecule is Cc1ccc(O[C@@H](C)C(=O)N[C@@H](C)COc2ccccc2C)cc1. The molecule has 0 radical (unpaired) electrons. The molecule has 0 aliphatic heterocycles. The minimum atomic E-state index is -0.561. The van der Waals surface area contributed by atoms with Crippen LogP contribution in [0.4, 0.5) is 0 Å². The molecule has 128 valence electrons. The van der Waals surface area contributed by atoms with Crippen molar-refractivity contribution >= 4 is 5.91 Å².